The van der Waals surface area contributed by atoms with Gasteiger partial charge in [-0.2, -0.15) is 0 Å². The summed E-state index contributed by atoms with van der Waals surface area (Å²) in [5, 5.41) is 3.45. The van der Waals surface area contributed by atoms with Crippen molar-refractivity contribution in [2.45, 2.75) is 39.8 Å². The van der Waals surface area contributed by atoms with Gasteiger partial charge in [-0.3, -0.25) is 4.99 Å². The third-order valence-corrected chi connectivity index (χ3v) is 5.28. The first-order chi connectivity index (χ1) is 10.8. The number of hydrogen-bond donors (Lipinski definition) is 1. The van der Waals surface area contributed by atoms with Gasteiger partial charge in [0.2, 0.25) is 0 Å². The molecule has 0 bridgehead atoms. The van der Waals surface area contributed by atoms with Crippen molar-refractivity contribution in [2.75, 3.05) is 27.8 Å². The molecule has 1 N–H and O–H groups in total. The molecule has 1 saturated heterocycles. The van der Waals surface area contributed by atoms with Crippen molar-refractivity contribution < 1.29 is 9.47 Å². The Kier molecular flexibility index (Phi) is 6.78. The third-order valence-electron chi connectivity index (χ3n) is 5.28. The average Bonchev–Trinajstić information content (AvgIpc) is 2.54. The van der Waals surface area contributed by atoms with Crippen LogP contribution < -0.4 is 14.8 Å². The minimum absolute atomic E-state index is 0. The molecule has 24 heavy (non-hydrogen) atoms. The van der Waals surface area contributed by atoms with Crippen LogP contribution in [0, 0.1) is 5.41 Å². The molecule has 6 heteroatoms. The van der Waals surface area contributed by atoms with Crippen LogP contribution in [-0.4, -0.2) is 44.2 Å². The van der Waals surface area contributed by atoms with Gasteiger partial charge in [0.25, 0.3) is 0 Å². The van der Waals surface area contributed by atoms with E-state index in [9.17, 15) is 0 Å². The molecule has 1 aromatic carbocycles. The Balaban J connectivity index is 0.00000288. The minimum atomic E-state index is 0. The van der Waals surface area contributed by atoms with Gasteiger partial charge in [-0.05, 0) is 26.0 Å². The zero-order valence-corrected chi connectivity index (χ0v) is 18.1. The molecule has 5 nitrogen and oxygen atoms in total. The molecule has 0 atom stereocenters. The van der Waals surface area contributed by atoms with E-state index in [0.29, 0.717) is 6.54 Å². The van der Waals surface area contributed by atoms with E-state index in [1.165, 1.54) is 0 Å². The molecule has 0 unspecified atom stereocenters. The van der Waals surface area contributed by atoms with Gasteiger partial charge in [0.15, 0.2) is 5.96 Å². The Bertz CT molecular complexity index is 600. The molecule has 0 amide bonds. The van der Waals surface area contributed by atoms with Crippen LogP contribution in [0.5, 0.6) is 11.5 Å². The average molecular weight is 447 g/mol. The van der Waals surface area contributed by atoms with Crippen LogP contribution in [0.3, 0.4) is 0 Å². The van der Waals surface area contributed by atoms with E-state index < -0.39 is 0 Å². The maximum Gasteiger partial charge on any atom is 0.194 e. The van der Waals surface area contributed by atoms with Gasteiger partial charge in [-0.15, -0.1) is 24.0 Å². The molecular formula is C18H30IN3O2. The molecule has 0 spiro atoms. The third kappa shape index (κ3) is 3.73. The smallest absolute Gasteiger partial charge is 0.194 e. The summed E-state index contributed by atoms with van der Waals surface area (Å²) in [6.45, 7) is 10.8. The van der Waals surface area contributed by atoms with Gasteiger partial charge >= 0.3 is 0 Å². The van der Waals surface area contributed by atoms with Gasteiger partial charge < -0.3 is 19.7 Å². The topological polar surface area (TPSA) is 46.1 Å². The summed E-state index contributed by atoms with van der Waals surface area (Å²) >= 11 is 0. The fourth-order valence-corrected chi connectivity index (χ4v) is 2.87. The first kappa shape index (κ1) is 20.9. The van der Waals surface area contributed by atoms with Crippen molar-refractivity contribution in [3.05, 3.63) is 23.8 Å². The molecule has 0 saturated carbocycles. The van der Waals surface area contributed by atoms with Gasteiger partial charge in [0.05, 0.1) is 14.2 Å². The molecule has 1 fully saturated rings. The summed E-state index contributed by atoms with van der Waals surface area (Å²) < 4.78 is 10.7. The number of nitrogens with one attached hydrogen (secondary N) is 1. The Morgan fingerprint density at radius 3 is 2.33 bits per heavy atom. The van der Waals surface area contributed by atoms with E-state index in [2.05, 4.69) is 42.9 Å². The quantitative estimate of drug-likeness (QED) is 0.436. The lowest BCUT2D eigenvalue weighted by atomic mass is 9.65. The summed E-state index contributed by atoms with van der Waals surface area (Å²) in [6.07, 6.45) is 0. The van der Waals surface area contributed by atoms with E-state index in [1.807, 2.05) is 25.2 Å². The molecular weight excluding hydrogens is 417 g/mol. The summed E-state index contributed by atoms with van der Waals surface area (Å²) in [5.74, 6) is 2.53. The first-order valence-electron chi connectivity index (χ1n) is 7.96. The predicted octanol–water partition coefficient (Wildman–Crippen LogP) is 3.52. The first-order valence-corrected chi connectivity index (χ1v) is 7.96. The maximum absolute atomic E-state index is 5.46. The summed E-state index contributed by atoms with van der Waals surface area (Å²) in [7, 11) is 5.16. The fraction of sp³-hybridized carbons (Fsp3) is 0.611. The molecule has 1 aliphatic rings. The largest absolute Gasteiger partial charge is 0.497 e. The highest BCUT2D eigenvalue weighted by atomic mass is 127. The Morgan fingerprint density at radius 1 is 1.21 bits per heavy atom. The van der Waals surface area contributed by atoms with Crippen LogP contribution >= 0.6 is 24.0 Å². The number of benzene rings is 1. The lowest BCUT2D eigenvalue weighted by molar-refractivity contribution is -0.0668. The van der Waals surface area contributed by atoms with Crippen LogP contribution in [0.25, 0.3) is 0 Å². The van der Waals surface area contributed by atoms with Crippen molar-refractivity contribution in [3.63, 3.8) is 0 Å². The second-order valence-electron chi connectivity index (χ2n) is 7.11. The Morgan fingerprint density at radius 2 is 1.88 bits per heavy atom. The van der Waals surface area contributed by atoms with Crippen molar-refractivity contribution in [1.29, 1.82) is 0 Å². The van der Waals surface area contributed by atoms with Crippen LogP contribution in [0.4, 0.5) is 0 Å². The maximum atomic E-state index is 5.46. The number of guanidine groups is 1. The molecule has 1 aromatic rings. The van der Waals surface area contributed by atoms with Crippen molar-refractivity contribution in [2.24, 2.45) is 10.4 Å². The zero-order valence-electron chi connectivity index (χ0n) is 15.8. The summed E-state index contributed by atoms with van der Waals surface area (Å²) in [5.41, 5.74) is 1.44. The molecule has 136 valence electrons. The predicted molar refractivity (Wildman–Crippen MR) is 110 cm³/mol. The van der Waals surface area contributed by atoms with Gasteiger partial charge in [-0.1, -0.05) is 13.8 Å². The molecule has 0 radical (unpaired) electrons. The minimum Gasteiger partial charge on any atom is -0.497 e. The second kappa shape index (κ2) is 7.80. The van der Waals surface area contributed by atoms with E-state index in [1.54, 1.807) is 14.2 Å². The van der Waals surface area contributed by atoms with E-state index in [0.717, 1.165) is 29.6 Å². The summed E-state index contributed by atoms with van der Waals surface area (Å²) in [4.78, 5) is 6.76. The highest BCUT2D eigenvalue weighted by Gasteiger charge is 2.53. The second-order valence-corrected chi connectivity index (χ2v) is 7.11. The molecule has 0 aliphatic carbocycles. The van der Waals surface area contributed by atoms with Crippen LogP contribution in [0.1, 0.15) is 33.3 Å². The highest BCUT2D eigenvalue weighted by molar-refractivity contribution is 14.0. The van der Waals surface area contributed by atoms with Crippen molar-refractivity contribution >= 4 is 29.9 Å². The molecule has 0 aromatic heterocycles. The zero-order chi connectivity index (χ0) is 17.3. The van der Waals surface area contributed by atoms with Crippen LogP contribution in [0.15, 0.2) is 23.2 Å². The molecule has 1 aliphatic heterocycles. The van der Waals surface area contributed by atoms with E-state index in [-0.39, 0.29) is 34.9 Å². The number of halogens is 1. The SMILES string of the molecule is CN=C(NCc1ccc(OC)cc1OC)N1CC(C)(C)C1(C)C.I. The van der Waals surface area contributed by atoms with Gasteiger partial charge in [0.1, 0.15) is 11.5 Å². The monoisotopic (exact) mass is 447 g/mol. The van der Waals surface area contributed by atoms with Crippen molar-refractivity contribution in [3.8, 4) is 11.5 Å². The van der Waals surface area contributed by atoms with Crippen LogP contribution in [-0.2, 0) is 6.54 Å². The number of ether oxygens (including phenoxy) is 2. The standard InChI is InChI=1S/C18H29N3O2.HI/c1-17(2)12-21(18(17,3)4)16(19-5)20-11-13-8-9-14(22-6)10-15(13)23-7;/h8-10H,11-12H2,1-7H3,(H,19,20);1H. The fourth-order valence-electron chi connectivity index (χ4n) is 2.87. The molecule has 2 rings (SSSR count). The Hall–Kier alpha value is -1.18. The summed E-state index contributed by atoms with van der Waals surface area (Å²) in [6, 6.07) is 5.86. The number of aliphatic imine (C=N–C) groups is 1. The lowest BCUT2D eigenvalue weighted by Crippen LogP contribution is -2.72. The van der Waals surface area contributed by atoms with Crippen molar-refractivity contribution in [1.82, 2.24) is 10.2 Å². The number of methoxy groups -OCH3 is 2. The van der Waals surface area contributed by atoms with E-state index >= 15 is 0 Å². The highest BCUT2D eigenvalue weighted by Crippen LogP contribution is 2.46. The lowest BCUT2D eigenvalue weighted by Gasteiger charge is -2.62. The van der Waals surface area contributed by atoms with Gasteiger partial charge in [0, 0.05) is 42.7 Å². The number of rotatable bonds is 4. The number of nitrogens with zero attached hydrogens (tertiary/aromatic N) is 2. The normalized spacial score (nSPS) is 18.3. The number of hydrogen-bond acceptors (Lipinski definition) is 3. The number of likely N-dealkylation sites (tertiary alicyclic amines) is 1. The van der Waals surface area contributed by atoms with Crippen LogP contribution in [0.2, 0.25) is 0 Å². The van der Waals surface area contributed by atoms with E-state index in [4.69, 9.17) is 9.47 Å². The van der Waals surface area contributed by atoms with Gasteiger partial charge in [-0.25, -0.2) is 0 Å². The Labute approximate surface area is 162 Å². The molecule has 1 heterocycles.